The molecule has 0 saturated heterocycles. The van der Waals surface area contributed by atoms with Crippen LogP contribution in [-0.2, 0) is 9.47 Å². The molecule has 0 aliphatic carbocycles. The Morgan fingerprint density at radius 2 is 1.36 bits per heavy atom. The molecule has 11 heavy (non-hydrogen) atoms. The van der Waals surface area contributed by atoms with Crippen molar-refractivity contribution in [1.82, 2.24) is 0 Å². The SMILES string of the molecule is CC(C)(OCCCl)OCCCl. The van der Waals surface area contributed by atoms with Crippen LogP contribution in [0.5, 0.6) is 0 Å². The van der Waals surface area contributed by atoms with Crippen LogP contribution in [0.1, 0.15) is 13.8 Å². The first-order valence-corrected chi connectivity index (χ1v) is 4.59. The zero-order valence-electron chi connectivity index (χ0n) is 6.90. The van der Waals surface area contributed by atoms with E-state index in [2.05, 4.69) is 0 Å². The van der Waals surface area contributed by atoms with Crippen molar-refractivity contribution in [2.45, 2.75) is 19.6 Å². The molecule has 0 spiro atoms. The van der Waals surface area contributed by atoms with Gasteiger partial charge in [-0.2, -0.15) is 0 Å². The zero-order chi connectivity index (χ0) is 8.74. The van der Waals surface area contributed by atoms with Crippen LogP contribution in [0.25, 0.3) is 0 Å². The van der Waals surface area contributed by atoms with Gasteiger partial charge in [-0.25, -0.2) is 0 Å². The second kappa shape index (κ2) is 6.06. The molecule has 0 aromatic rings. The molecule has 0 radical (unpaired) electrons. The van der Waals surface area contributed by atoms with Crippen molar-refractivity contribution in [3.8, 4) is 0 Å². The van der Waals surface area contributed by atoms with Gasteiger partial charge in [0.05, 0.1) is 13.2 Å². The van der Waals surface area contributed by atoms with Gasteiger partial charge in [-0.05, 0) is 13.8 Å². The van der Waals surface area contributed by atoms with Crippen molar-refractivity contribution < 1.29 is 9.47 Å². The summed E-state index contributed by atoms with van der Waals surface area (Å²) in [4.78, 5) is 0. The van der Waals surface area contributed by atoms with Crippen LogP contribution in [-0.4, -0.2) is 30.8 Å². The van der Waals surface area contributed by atoms with E-state index in [1.54, 1.807) is 0 Å². The van der Waals surface area contributed by atoms with Gasteiger partial charge in [0.15, 0.2) is 5.79 Å². The molecule has 0 rings (SSSR count). The maximum Gasteiger partial charge on any atom is 0.162 e. The summed E-state index contributed by atoms with van der Waals surface area (Å²) in [5.41, 5.74) is 0. The summed E-state index contributed by atoms with van der Waals surface area (Å²) in [5.74, 6) is 0.394. The minimum Gasteiger partial charge on any atom is -0.349 e. The smallest absolute Gasteiger partial charge is 0.162 e. The van der Waals surface area contributed by atoms with Crippen LogP contribution < -0.4 is 0 Å². The molecular formula is C7H14Cl2O2. The summed E-state index contributed by atoms with van der Waals surface area (Å²) in [7, 11) is 0. The fourth-order valence-corrected chi connectivity index (χ4v) is 0.765. The topological polar surface area (TPSA) is 18.5 Å². The third-order valence-electron chi connectivity index (χ3n) is 1.05. The number of ether oxygens (including phenoxy) is 2. The largest absolute Gasteiger partial charge is 0.349 e. The van der Waals surface area contributed by atoms with E-state index < -0.39 is 5.79 Å². The van der Waals surface area contributed by atoms with Gasteiger partial charge in [-0.3, -0.25) is 0 Å². The first-order chi connectivity index (χ1) is 5.12. The van der Waals surface area contributed by atoms with Crippen molar-refractivity contribution in [1.29, 1.82) is 0 Å². The van der Waals surface area contributed by atoms with Crippen molar-refractivity contribution in [2.75, 3.05) is 25.0 Å². The number of rotatable bonds is 6. The average Bonchev–Trinajstić information content (AvgIpc) is 1.97. The molecule has 0 bridgehead atoms. The number of alkyl halides is 2. The number of hydrogen-bond acceptors (Lipinski definition) is 2. The predicted octanol–water partition coefficient (Wildman–Crippen LogP) is 2.23. The molecule has 68 valence electrons. The molecule has 0 N–H and O–H groups in total. The zero-order valence-corrected chi connectivity index (χ0v) is 8.41. The summed E-state index contributed by atoms with van der Waals surface area (Å²) in [6, 6.07) is 0. The Kier molecular flexibility index (Phi) is 6.34. The normalized spacial score (nSPS) is 12.0. The van der Waals surface area contributed by atoms with Gasteiger partial charge in [0.2, 0.25) is 0 Å². The predicted molar refractivity (Wildman–Crippen MR) is 47.4 cm³/mol. The third kappa shape index (κ3) is 6.88. The highest BCUT2D eigenvalue weighted by Gasteiger charge is 2.17. The van der Waals surface area contributed by atoms with Crippen molar-refractivity contribution in [3.63, 3.8) is 0 Å². The Balaban J connectivity index is 3.43. The van der Waals surface area contributed by atoms with Gasteiger partial charge in [0, 0.05) is 11.8 Å². The van der Waals surface area contributed by atoms with Gasteiger partial charge in [-0.15, -0.1) is 23.2 Å². The summed E-state index contributed by atoms with van der Waals surface area (Å²) in [6.45, 7) is 4.67. The van der Waals surface area contributed by atoms with E-state index >= 15 is 0 Å². The van der Waals surface area contributed by atoms with Gasteiger partial charge in [-0.1, -0.05) is 0 Å². The molecule has 0 heterocycles. The van der Waals surface area contributed by atoms with E-state index in [4.69, 9.17) is 32.7 Å². The van der Waals surface area contributed by atoms with Gasteiger partial charge in [0.25, 0.3) is 0 Å². The summed E-state index contributed by atoms with van der Waals surface area (Å²) < 4.78 is 10.5. The highest BCUT2D eigenvalue weighted by molar-refractivity contribution is 6.18. The van der Waals surface area contributed by atoms with E-state index in [0.717, 1.165) is 0 Å². The highest BCUT2D eigenvalue weighted by atomic mass is 35.5. The minimum absolute atomic E-state index is 0.480. The Bertz CT molecular complexity index is 86.4. The van der Waals surface area contributed by atoms with E-state index in [9.17, 15) is 0 Å². The van der Waals surface area contributed by atoms with E-state index in [-0.39, 0.29) is 0 Å². The fourth-order valence-electron chi connectivity index (χ4n) is 0.610. The molecule has 0 fully saturated rings. The van der Waals surface area contributed by atoms with Crippen molar-refractivity contribution in [3.05, 3.63) is 0 Å². The molecule has 0 amide bonds. The lowest BCUT2D eigenvalue weighted by molar-refractivity contribution is -0.206. The second-order valence-corrected chi connectivity index (χ2v) is 3.23. The van der Waals surface area contributed by atoms with Gasteiger partial charge in [0.1, 0.15) is 0 Å². The molecule has 0 aliphatic heterocycles. The summed E-state index contributed by atoms with van der Waals surface area (Å²) in [6.07, 6.45) is 0. The summed E-state index contributed by atoms with van der Waals surface area (Å²) >= 11 is 10.9. The Morgan fingerprint density at radius 3 is 1.64 bits per heavy atom. The molecular weight excluding hydrogens is 187 g/mol. The second-order valence-electron chi connectivity index (χ2n) is 2.47. The van der Waals surface area contributed by atoms with E-state index in [1.807, 2.05) is 13.8 Å². The summed E-state index contributed by atoms with van der Waals surface area (Å²) in [5, 5.41) is 0. The molecule has 0 unspecified atom stereocenters. The lowest BCUT2D eigenvalue weighted by atomic mass is 10.4. The van der Waals surface area contributed by atoms with Crippen LogP contribution in [0.4, 0.5) is 0 Å². The van der Waals surface area contributed by atoms with Gasteiger partial charge < -0.3 is 9.47 Å². The standard InChI is InChI=1S/C7H14Cl2O2/c1-7(2,10-5-3-8)11-6-4-9/h3-6H2,1-2H3. The third-order valence-corrected chi connectivity index (χ3v) is 1.36. The maximum absolute atomic E-state index is 5.43. The van der Waals surface area contributed by atoms with Crippen LogP contribution in [0.2, 0.25) is 0 Å². The van der Waals surface area contributed by atoms with E-state index in [0.29, 0.717) is 25.0 Å². The van der Waals surface area contributed by atoms with Crippen LogP contribution in [0, 0.1) is 0 Å². The lowest BCUT2D eigenvalue weighted by Gasteiger charge is -2.24. The lowest BCUT2D eigenvalue weighted by Crippen LogP contribution is -2.30. The Hall–Kier alpha value is 0.500. The Morgan fingerprint density at radius 1 is 1.00 bits per heavy atom. The number of hydrogen-bond donors (Lipinski definition) is 0. The molecule has 0 saturated carbocycles. The van der Waals surface area contributed by atoms with Gasteiger partial charge >= 0.3 is 0 Å². The van der Waals surface area contributed by atoms with Crippen LogP contribution >= 0.6 is 23.2 Å². The fraction of sp³-hybridized carbons (Fsp3) is 1.00. The maximum atomic E-state index is 5.43. The number of halogens is 2. The van der Waals surface area contributed by atoms with Crippen molar-refractivity contribution in [2.24, 2.45) is 0 Å². The molecule has 0 atom stereocenters. The molecule has 0 aromatic carbocycles. The molecule has 0 aromatic heterocycles. The quantitative estimate of drug-likeness (QED) is 0.484. The van der Waals surface area contributed by atoms with Crippen molar-refractivity contribution >= 4 is 23.2 Å². The van der Waals surface area contributed by atoms with Crippen LogP contribution in [0.3, 0.4) is 0 Å². The first-order valence-electron chi connectivity index (χ1n) is 3.52. The Labute approximate surface area is 77.8 Å². The molecule has 4 heteroatoms. The highest BCUT2D eigenvalue weighted by Crippen LogP contribution is 2.10. The molecule has 0 aliphatic rings. The monoisotopic (exact) mass is 200 g/mol. The van der Waals surface area contributed by atoms with Crippen LogP contribution in [0.15, 0.2) is 0 Å². The minimum atomic E-state index is -0.566. The molecule has 2 nitrogen and oxygen atoms in total. The van der Waals surface area contributed by atoms with E-state index in [1.165, 1.54) is 0 Å². The average molecular weight is 201 g/mol. The first kappa shape index (κ1) is 11.5.